The van der Waals surface area contributed by atoms with Gasteiger partial charge in [0.15, 0.2) is 0 Å². The van der Waals surface area contributed by atoms with Crippen molar-refractivity contribution in [3.8, 4) is 0 Å². The van der Waals surface area contributed by atoms with Gasteiger partial charge in [-0.2, -0.15) is 4.31 Å². The fraction of sp³-hybridized carbons (Fsp3) is 0.375. The third kappa shape index (κ3) is 3.53. The summed E-state index contributed by atoms with van der Waals surface area (Å²) in [6.45, 7) is 3.96. The molecule has 2 aromatic heterocycles. The van der Waals surface area contributed by atoms with Crippen molar-refractivity contribution >= 4 is 33.0 Å². The molecule has 0 atom stereocenters. The average Bonchev–Trinajstić information content (AvgIpc) is 2.95. The molecule has 0 saturated carbocycles. The topological polar surface area (TPSA) is 90.8 Å². The number of carboxylic acid groups (broad SMARTS) is 1. The van der Waals surface area contributed by atoms with E-state index in [-0.39, 0.29) is 9.77 Å². The lowest BCUT2D eigenvalue weighted by Gasteiger charge is -2.24. The Hall–Kier alpha value is -1.97. The highest BCUT2D eigenvalue weighted by Crippen LogP contribution is 2.27. The number of hydrogen-bond acceptors (Lipinski definition) is 6. The molecule has 25 heavy (non-hydrogen) atoms. The first-order valence-electron chi connectivity index (χ1n) is 7.88. The summed E-state index contributed by atoms with van der Waals surface area (Å²) in [6, 6.07) is 3.31. The molecule has 1 aliphatic rings. The molecule has 0 radical (unpaired) electrons. The highest BCUT2D eigenvalue weighted by molar-refractivity contribution is 7.89. The van der Waals surface area contributed by atoms with Crippen LogP contribution in [0.4, 0.5) is 5.69 Å². The average molecular weight is 381 g/mol. The van der Waals surface area contributed by atoms with Crippen LogP contribution in [0.3, 0.4) is 0 Å². The molecule has 1 fully saturated rings. The Morgan fingerprint density at radius 2 is 2.04 bits per heavy atom. The van der Waals surface area contributed by atoms with Crippen molar-refractivity contribution in [2.45, 2.75) is 18.2 Å². The number of aromatic carboxylic acids is 1. The Morgan fingerprint density at radius 1 is 1.24 bits per heavy atom. The van der Waals surface area contributed by atoms with Gasteiger partial charge in [-0.3, -0.25) is 4.98 Å². The predicted octanol–water partition coefficient (Wildman–Crippen LogP) is 2.05. The maximum absolute atomic E-state index is 12.9. The summed E-state index contributed by atoms with van der Waals surface area (Å²) in [4.78, 5) is 17.3. The van der Waals surface area contributed by atoms with Crippen LogP contribution < -0.4 is 4.90 Å². The van der Waals surface area contributed by atoms with E-state index in [2.05, 4.69) is 9.88 Å². The number of rotatable bonds is 4. The molecule has 0 amide bonds. The summed E-state index contributed by atoms with van der Waals surface area (Å²) in [5, 5.41) is 10.7. The molecule has 2 aromatic rings. The van der Waals surface area contributed by atoms with E-state index < -0.39 is 16.0 Å². The number of sulfonamides is 1. The van der Waals surface area contributed by atoms with Crippen LogP contribution in [0.1, 0.15) is 21.7 Å². The number of anilines is 1. The predicted molar refractivity (Wildman–Crippen MR) is 95.8 cm³/mol. The zero-order valence-corrected chi connectivity index (χ0v) is 15.4. The zero-order valence-electron chi connectivity index (χ0n) is 13.8. The molecular weight excluding hydrogens is 362 g/mol. The molecule has 1 aliphatic heterocycles. The SMILES string of the molecule is Cc1cnccc1N1CCCN(S(=O)(=O)c2ccsc2C(=O)O)CC1. The number of aromatic nitrogens is 1. The Kier molecular flexibility index (Phi) is 5.07. The van der Waals surface area contributed by atoms with Crippen molar-refractivity contribution < 1.29 is 18.3 Å². The second-order valence-electron chi connectivity index (χ2n) is 5.83. The minimum absolute atomic E-state index is 0.112. The summed E-state index contributed by atoms with van der Waals surface area (Å²) >= 11 is 0.930. The van der Waals surface area contributed by atoms with Crippen molar-refractivity contribution in [2.75, 3.05) is 31.1 Å². The minimum atomic E-state index is -3.81. The maximum Gasteiger partial charge on any atom is 0.347 e. The number of nitrogens with zero attached hydrogens (tertiary/aromatic N) is 3. The number of pyridine rings is 1. The second-order valence-corrected chi connectivity index (χ2v) is 8.65. The molecule has 3 heterocycles. The smallest absolute Gasteiger partial charge is 0.347 e. The van der Waals surface area contributed by atoms with Gasteiger partial charge in [0.2, 0.25) is 10.0 Å². The van der Waals surface area contributed by atoms with Crippen LogP contribution in [0.15, 0.2) is 34.8 Å². The number of carboxylic acids is 1. The third-order valence-corrected chi connectivity index (χ3v) is 7.20. The molecule has 0 bridgehead atoms. The lowest BCUT2D eigenvalue weighted by molar-refractivity contribution is 0.0698. The molecule has 7 nitrogen and oxygen atoms in total. The zero-order chi connectivity index (χ0) is 18.0. The lowest BCUT2D eigenvalue weighted by Crippen LogP contribution is -2.35. The number of thiophene rings is 1. The fourth-order valence-corrected chi connectivity index (χ4v) is 5.69. The highest BCUT2D eigenvalue weighted by Gasteiger charge is 2.31. The highest BCUT2D eigenvalue weighted by atomic mass is 32.2. The summed E-state index contributed by atoms with van der Waals surface area (Å²) in [5.41, 5.74) is 2.10. The van der Waals surface area contributed by atoms with Crippen LogP contribution >= 0.6 is 11.3 Å². The number of carbonyl (C=O) groups is 1. The molecule has 0 aliphatic carbocycles. The molecule has 0 unspecified atom stereocenters. The molecular formula is C16H19N3O4S2. The first-order chi connectivity index (χ1) is 11.9. The van der Waals surface area contributed by atoms with E-state index >= 15 is 0 Å². The largest absolute Gasteiger partial charge is 0.477 e. The Morgan fingerprint density at radius 3 is 2.76 bits per heavy atom. The fourth-order valence-electron chi connectivity index (χ4n) is 2.99. The monoisotopic (exact) mass is 381 g/mol. The molecule has 134 valence electrons. The van der Waals surface area contributed by atoms with Gasteiger partial charge in [0, 0.05) is 44.3 Å². The van der Waals surface area contributed by atoms with Crippen molar-refractivity contribution in [1.29, 1.82) is 0 Å². The number of hydrogen-bond donors (Lipinski definition) is 1. The van der Waals surface area contributed by atoms with Gasteiger partial charge in [-0.15, -0.1) is 11.3 Å². The van der Waals surface area contributed by atoms with E-state index in [4.69, 9.17) is 0 Å². The van der Waals surface area contributed by atoms with Crippen molar-refractivity contribution in [1.82, 2.24) is 9.29 Å². The summed E-state index contributed by atoms with van der Waals surface area (Å²) in [7, 11) is -3.81. The van der Waals surface area contributed by atoms with Crippen LogP contribution in [0.2, 0.25) is 0 Å². The van der Waals surface area contributed by atoms with Crippen LogP contribution in [0.25, 0.3) is 0 Å². The molecule has 0 spiro atoms. The standard InChI is InChI=1S/C16H19N3O4S2/c1-12-11-17-5-3-13(12)18-6-2-7-19(9-8-18)25(22,23)14-4-10-24-15(14)16(20)21/h3-5,10-11H,2,6-9H2,1H3,(H,20,21). The van der Waals surface area contributed by atoms with Crippen molar-refractivity contribution in [2.24, 2.45) is 0 Å². The Balaban J connectivity index is 1.82. The number of aryl methyl sites for hydroxylation is 1. The van der Waals surface area contributed by atoms with Gasteiger partial charge in [-0.1, -0.05) is 0 Å². The van der Waals surface area contributed by atoms with E-state index in [0.29, 0.717) is 26.1 Å². The van der Waals surface area contributed by atoms with Gasteiger partial charge in [-0.05, 0) is 36.4 Å². The van der Waals surface area contributed by atoms with Gasteiger partial charge in [0.05, 0.1) is 0 Å². The second kappa shape index (κ2) is 7.11. The van der Waals surface area contributed by atoms with Gasteiger partial charge < -0.3 is 10.0 Å². The molecule has 9 heteroatoms. The summed E-state index contributed by atoms with van der Waals surface area (Å²) in [5.74, 6) is -1.21. The van der Waals surface area contributed by atoms with Crippen molar-refractivity contribution in [3.63, 3.8) is 0 Å². The summed E-state index contributed by atoms with van der Waals surface area (Å²) in [6.07, 6.45) is 4.19. The quantitative estimate of drug-likeness (QED) is 0.872. The van der Waals surface area contributed by atoms with E-state index in [0.717, 1.165) is 29.1 Å². The summed E-state index contributed by atoms with van der Waals surface area (Å²) < 4.78 is 27.1. The first kappa shape index (κ1) is 17.8. The third-order valence-electron chi connectivity index (χ3n) is 4.23. The van der Waals surface area contributed by atoms with Gasteiger partial charge in [-0.25, -0.2) is 13.2 Å². The van der Waals surface area contributed by atoms with E-state index in [1.54, 1.807) is 12.4 Å². The molecule has 1 saturated heterocycles. The van der Waals surface area contributed by atoms with Crippen LogP contribution in [-0.4, -0.2) is 55.0 Å². The Labute approximate surface area is 150 Å². The molecule has 1 N–H and O–H groups in total. The minimum Gasteiger partial charge on any atom is -0.477 e. The van der Waals surface area contributed by atoms with Gasteiger partial charge in [0.25, 0.3) is 0 Å². The van der Waals surface area contributed by atoms with Crippen LogP contribution in [-0.2, 0) is 10.0 Å². The molecule has 3 rings (SSSR count). The first-order valence-corrected chi connectivity index (χ1v) is 10.2. The normalized spacial score (nSPS) is 16.6. The van der Waals surface area contributed by atoms with Crippen molar-refractivity contribution in [3.05, 3.63) is 40.3 Å². The van der Waals surface area contributed by atoms with Gasteiger partial charge in [0.1, 0.15) is 9.77 Å². The van der Waals surface area contributed by atoms with Crippen LogP contribution in [0, 0.1) is 6.92 Å². The lowest BCUT2D eigenvalue weighted by atomic mass is 10.2. The maximum atomic E-state index is 12.9. The Bertz CT molecular complexity index is 879. The van der Waals surface area contributed by atoms with Crippen LogP contribution in [0.5, 0.6) is 0 Å². The molecule has 0 aromatic carbocycles. The van der Waals surface area contributed by atoms with E-state index in [1.165, 1.54) is 15.8 Å². The van der Waals surface area contributed by atoms with Gasteiger partial charge >= 0.3 is 5.97 Å². The van der Waals surface area contributed by atoms with E-state index in [9.17, 15) is 18.3 Å². The van der Waals surface area contributed by atoms with E-state index in [1.807, 2.05) is 13.0 Å².